The van der Waals surface area contributed by atoms with Crippen LogP contribution in [0, 0.1) is 0 Å². The topological polar surface area (TPSA) is 35.2 Å². The Labute approximate surface area is 76.3 Å². The second-order valence-electron chi connectivity index (χ2n) is 3.20. The van der Waals surface area contributed by atoms with Crippen LogP contribution in [0.4, 0.5) is 0 Å². The lowest BCUT2D eigenvalue weighted by Gasteiger charge is -2.26. The van der Waals surface area contributed by atoms with Gasteiger partial charge in [-0.1, -0.05) is 0 Å². The molecule has 1 aromatic rings. The molecular weight excluding hydrogens is 170 g/mol. The quantitative estimate of drug-likeness (QED) is 0.719. The smallest absolute Gasteiger partial charge is 0.0983 e. The molecule has 2 nitrogen and oxygen atoms in total. The van der Waals surface area contributed by atoms with E-state index in [1.54, 1.807) is 0 Å². The van der Waals surface area contributed by atoms with Crippen LogP contribution in [-0.2, 0) is 11.2 Å². The van der Waals surface area contributed by atoms with Gasteiger partial charge in [-0.05, 0) is 23.9 Å². The van der Waals surface area contributed by atoms with Crippen molar-refractivity contribution < 1.29 is 4.74 Å². The lowest BCUT2D eigenvalue weighted by atomic mass is 10.0. The lowest BCUT2D eigenvalue weighted by molar-refractivity contribution is 0.0297. The second-order valence-corrected chi connectivity index (χ2v) is 4.20. The molecule has 1 aliphatic rings. The van der Waals surface area contributed by atoms with Crippen molar-refractivity contribution in [3.8, 4) is 0 Å². The molecule has 0 bridgehead atoms. The van der Waals surface area contributed by atoms with Crippen molar-refractivity contribution in [2.24, 2.45) is 5.73 Å². The van der Waals surface area contributed by atoms with Crippen LogP contribution in [0.5, 0.6) is 0 Å². The third kappa shape index (κ3) is 1.28. The summed E-state index contributed by atoms with van der Waals surface area (Å²) in [6.45, 7) is 2.82. The maximum Gasteiger partial charge on any atom is 0.0983 e. The second kappa shape index (κ2) is 3.17. The molecule has 0 fully saturated rings. The maximum absolute atomic E-state index is 5.82. The third-order valence-electron chi connectivity index (χ3n) is 2.19. The molecule has 2 rings (SSSR count). The normalized spacial score (nSPS) is 25.0. The molecule has 1 aromatic heterocycles. The zero-order valence-electron chi connectivity index (χ0n) is 7.12. The molecule has 0 radical (unpaired) electrons. The van der Waals surface area contributed by atoms with Gasteiger partial charge >= 0.3 is 0 Å². The summed E-state index contributed by atoms with van der Waals surface area (Å²) in [5.74, 6) is 0. The summed E-state index contributed by atoms with van der Waals surface area (Å²) >= 11 is 1.81. The van der Waals surface area contributed by atoms with E-state index in [2.05, 4.69) is 11.4 Å². The van der Waals surface area contributed by atoms with E-state index in [1.807, 2.05) is 18.3 Å². The molecule has 66 valence electrons. The Balaban J connectivity index is 2.31. The number of rotatable bonds is 1. The van der Waals surface area contributed by atoms with Gasteiger partial charge in [0.2, 0.25) is 0 Å². The van der Waals surface area contributed by atoms with E-state index in [9.17, 15) is 0 Å². The van der Waals surface area contributed by atoms with Crippen molar-refractivity contribution in [3.63, 3.8) is 0 Å². The van der Waals surface area contributed by atoms with Crippen LogP contribution in [0.15, 0.2) is 11.4 Å². The third-order valence-corrected chi connectivity index (χ3v) is 3.19. The van der Waals surface area contributed by atoms with Crippen LogP contribution in [0.3, 0.4) is 0 Å². The fourth-order valence-corrected chi connectivity index (χ4v) is 2.51. The standard InChI is InChI=1S/C9H13NOS/c1-6(10)9-7-3-5-12-8(7)2-4-11-9/h3,5-6,9H,2,4,10H2,1H3/t6?,9-/m1/s1. The predicted molar refractivity (Wildman–Crippen MR) is 50.4 cm³/mol. The Morgan fingerprint density at radius 1 is 1.75 bits per heavy atom. The van der Waals surface area contributed by atoms with Crippen LogP contribution in [0.1, 0.15) is 23.5 Å². The molecule has 0 aromatic carbocycles. The summed E-state index contributed by atoms with van der Waals surface area (Å²) in [7, 11) is 0. The Morgan fingerprint density at radius 2 is 2.58 bits per heavy atom. The van der Waals surface area contributed by atoms with Crippen LogP contribution < -0.4 is 5.73 Å². The van der Waals surface area contributed by atoms with Crippen molar-refractivity contribution >= 4 is 11.3 Å². The minimum atomic E-state index is 0.0960. The van der Waals surface area contributed by atoms with Crippen LogP contribution in [-0.4, -0.2) is 12.6 Å². The average Bonchev–Trinajstić information content (AvgIpc) is 2.49. The number of hydrogen-bond donors (Lipinski definition) is 1. The highest BCUT2D eigenvalue weighted by molar-refractivity contribution is 7.10. The zero-order chi connectivity index (χ0) is 8.55. The molecule has 0 aliphatic carbocycles. The van der Waals surface area contributed by atoms with E-state index in [0.717, 1.165) is 13.0 Å². The monoisotopic (exact) mass is 183 g/mol. The van der Waals surface area contributed by atoms with Crippen molar-refractivity contribution in [3.05, 3.63) is 21.9 Å². The molecule has 2 heterocycles. The fraction of sp³-hybridized carbons (Fsp3) is 0.556. The summed E-state index contributed by atoms with van der Waals surface area (Å²) in [5.41, 5.74) is 7.13. The highest BCUT2D eigenvalue weighted by atomic mass is 32.1. The SMILES string of the molecule is CC(N)[C@H]1OCCc2sccc21. The zero-order valence-corrected chi connectivity index (χ0v) is 7.93. The van der Waals surface area contributed by atoms with Crippen LogP contribution in [0.25, 0.3) is 0 Å². The minimum Gasteiger partial charge on any atom is -0.371 e. The summed E-state index contributed by atoms with van der Waals surface area (Å²) in [4.78, 5) is 1.45. The van der Waals surface area contributed by atoms with Crippen LogP contribution >= 0.6 is 11.3 Å². The Kier molecular flexibility index (Phi) is 2.17. The number of thiophene rings is 1. The summed E-state index contributed by atoms with van der Waals surface area (Å²) in [5, 5.41) is 2.12. The van der Waals surface area contributed by atoms with Gasteiger partial charge in [0.1, 0.15) is 0 Å². The van der Waals surface area contributed by atoms with Gasteiger partial charge in [-0.3, -0.25) is 0 Å². The molecule has 12 heavy (non-hydrogen) atoms. The van der Waals surface area contributed by atoms with E-state index < -0.39 is 0 Å². The molecule has 1 unspecified atom stereocenters. The largest absolute Gasteiger partial charge is 0.371 e. The highest BCUT2D eigenvalue weighted by Crippen LogP contribution is 2.32. The molecule has 0 saturated heterocycles. The molecule has 0 amide bonds. The molecule has 3 heteroatoms. The first-order valence-electron chi connectivity index (χ1n) is 4.22. The lowest BCUT2D eigenvalue weighted by Crippen LogP contribution is -2.30. The Bertz CT molecular complexity index is 269. The average molecular weight is 183 g/mol. The maximum atomic E-state index is 5.82. The summed E-state index contributed by atoms with van der Waals surface area (Å²) in [6.07, 6.45) is 1.18. The van der Waals surface area contributed by atoms with Crippen molar-refractivity contribution in [2.45, 2.75) is 25.5 Å². The first kappa shape index (κ1) is 8.23. The van der Waals surface area contributed by atoms with Crippen molar-refractivity contribution in [1.29, 1.82) is 0 Å². The molecule has 1 aliphatic heterocycles. The summed E-state index contributed by atoms with van der Waals surface area (Å²) in [6, 6.07) is 2.23. The van der Waals surface area contributed by atoms with E-state index in [-0.39, 0.29) is 12.1 Å². The molecule has 0 saturated carbocycles. The number of fused-ring (bicyclic) bond motifs is 1. The first-order valence-corrected chi connectivity index (χ1v) is 5.10. The van der Waals surface area contributed by atoms with Crippen LogP contribution in [0.2, 0.25) is 0 Å². The van der Waals surface area contributed by atoms with Gasteiger partial charge in [0.15, 0.2) is 0 Å². The van der Waals surface area contributed by atoms with E-state index >= 15 is 0 Å². The molecule has 2 N–H and O–H groups in total. The molecular formula is C9H13NOS. The number of nitrogens with two attached hydrogens (primary N) is 1. The van der Waals surface area contributed by atoms with Gasteiger partial charge < -0.3 is 10.5 Å². The Morgan fingerprint density at radius 3 is 3.33 bits per heavy atom. The highest BCUT2D eigenvalue weighted by Gasteiger charge is 2.24. The van der Waals surface area contributed by atoms with Crippen molar-refractivity contribution in [2.75, 3.05) is 6.61 Å². The fourth-order valence-electron chi connectivity index (χ4n) is 1.61. The summed E-state index contributed by atoms with van der Waals surface area (Å²) < 4.78 is 5.61. The van der Waals surface area contributed by atoms with Gasteiger partial charge in [0, 0.05) is 17.3 Å². The molecule has 0 spiro atoms. The molecule has 2 atom stereocenters. The van der Waals surface area contributed by atoms with Gasteiger partial charge in [0.25, 0.3) is 0 Å². The van der Waals surface area contributed by atoms with Gasteiger partial charge in [0.05, 0.1) is 12.7 Å². The van der Waals surface area contributed by atoms with Gasteiger partial charge in [-0.2, -0.15) is 0 Å². The van der Waals surface area contributed by atoms with Crippen molar-refractivity contribution in [1.82, 2.24) is 0 Å². The van der Waals surface area contributed by atoms with E-state index in [1.165, 1.54) is 10.4 Å². The first-order chi connectivity index (χ1) is 5.79. The Hall–Kier alpha value is -0.380. The minimum absolute atomic E-state index is 0.0960. The van der Waals surface area contributed by atoms with Gasteiger partial charge in [-0.15, -0.1) is 11.3 Å². The number of ether oxygens (including phenoxy) is 1. The van der Waals surface area contributed by atoms with Gasteiger partial charge in [-0.25, -0.2) is 0 Å². The van der Waals surface area contributed by atoms with E-state index in [4.69, 9.17) is 10.5 Å². The predicted octanol–water partition coefficient (Wildman–Crippen LogP) is 1.71. The van der Waals surface area contributed by atoms with E-state index in [0.29, 0.717) is 0 Å². The number of hydrogen-bond acceptors (Lipinski definition) is 3.